The summed E-state index contributed by atoms with van der Waals surface area (Å²) in [6, 6.07) is 2.21. The van der Waals surface area contributed by atoms with Crippen LogP contribution in [0, 0.1) is 5.82 Å². The van der Waals surface area contributed by atoms with E-state index in [2.05, 4.69) is 0 Å². The molecule has 4 rings (SSSR count). The second-order valence-corrected chi connectivity index (χ2v) is 15.5. The molecule has 0 aliphatic carbocycles. The van der Waals surface area contributed by atoms with Crippen molar-refractivity contribution in [3.05, 3.63) is 79.7 Å². The second kappa shape index (κ2) is 12.1. The van der Waals surface area contributed by atoms with Gasteiger partial charge in [-0.25, -0.2) is 0 Å². The summed E-state index contributed by atoms with van der Waals surface area (Å²) in [4.78, 5) is 13.9. The molecule has 0 aromatic heterocycles. The maximum absolute atomic E-state index is 14.7. The molecule has 0 saturated carbocycles. The van der Waals surface area contributed by atoms with Gasteiger partial charge in [0.25, 0.3) is 0 Å². The Morgan fingerprint density at radius 2 is 1.57 bits per heavy atom. The number of hydrogen-bond donors (Lipinski definition) is 0. The molecule has 0 N–H and O–H groups in total. The van der Waals surface area contributed by atoms with Gasteiger partial charge < -0.3 is 0 Å². The molecule has 44 heavy (non-hydrogen) atoms. The molecule has 2 atom stereocenters. The van der Waals surface area contributed by atoms with Crippen LogP contribution in [0.1, 0.15) is 60.6 Å². The number of ether oxygens (including phenoxy) is 2. The Bertz CT molecular complexity index is 1460. The standard InChI is InChI=1S/C29H26F10INO3/c1-14(2)21-10-22(24(43-4)11-23(21)30)20-5-6-40(29(37,38)39)12-17(20)13-41-15(3)25(44-26(41)42)16-7-18(27(31,32)33)9-19(8-16)28(34,35)36/h5,7-12,14-15,25H,6,13H2,1-4H3/t15-,25-/m0/s1. The molecule has 2 aliphatic heterocycles. The normalized spacial score (nSPS) is 20.6. The molecule has 15 heteroatoms. The number of carbonyl (C=O) groups excluding carboxylic acids is 1. The molecule has 0 bridgehead atoms. The quantitative estimate of drug-likeness (QED) is 0.168. The summed E-state index contributed by atoms with van der Waals surface area (Å²) in [5.74, 6) is -0.875. The predicted molar refractivity (Wildman–Crippen MR) is 150 cm³/mol. The van der Waals surface area contributed by atoms with Crippen molar-refractivity contribution in [2.45, 2.75) is 55.4 Å². The van der Waals surface area contributed by atoms with E-state index in [0.29, 0.717) is 12.1 Å². The number of halogens is 11. The van der Waals surface area contributed by atoms with Gasteiger partial charge >= 0.3 is 253 Å². The van der Waals surface area contributed by atoms with Crippen LogP contribution in [0.3, 0.4) is 0 Å². The Morgan fingerprint density at radius 3 is 2.07 bits per heavy atom. The molecule has 1 amide bonds. The molecule has 0 unspecified atom stereocenters. The molecular weight excluding hydrogens is 727 g/mol. The SMILES string of the molecule is COc1cc(F)c(C(C)C)cc1C1=CCI(C(F)(F)F)C=C1CN1C(=O)O[C@H](c2cc(C(F)(F)F)cc(C(F)(F)F)c2)[C@@H]1C. The number of rotatable bonds is 6. The van der Waals surface area contributed by atoms with Crippen LogP contribution in [0.25, 0.3) is 5.57 Å². The van der Waals surface area contributed by atoms with E-state index in [1.807, 2.05) is 0 Å². The number of benzene rings is 2. The fraction of sp³-hybridized carbons (Fsp3) is 0.414. The zero-order chi connectivity index (χ0) is 32.9. The van der Waals surface area contributed by atoms with Crippen molar-refractivity contribution in [2.75, 3.05) is 18.1 Å². The first kappa shape index (κ1) is 33.9. The summed E-state index contributed by atoms with van der Waals surface area (Å²) in [5.41, 5.74) is -2.98. The van der Waals surface area contributed by atoms with Crippen LogP contribution in [-0.2, 0) is 17.1 Å². The third-order valence-electron chi connectivity index (χ3n) is 7.23. The topological polar surface area (TPSA) is 38.8 Å². The zero-order valence-corrected chi connectivity index (χ0v) is 25.7. The van der Waals surface area contributed by atoms with Crippen LogP contribution in [0.5, 0.6) is 5.75 Å². The number of hydrogen-bond acceptors (Lipinski definition) is 3. The van der Waals surface area contributed by atoms with Crippen molar-refractivity contribution < 1.29 is 58.2 Å². The Hall–Kier alpha value is -2.98. The average Bonchev–Trinajstić information content (AvgIpc) is 3.19. The summed E-state index contributed by atoms with van der Waals surface area (Å²) >= 11 is -3.82. The van der Waals surface area contributed by atoms with E-state index in [-0.39, 0.29) is 44.4 Å². The van der Waals surface area contributed by atoms with E-state index in [4.69, 9.17) is 9.47 Å². The Balaban J connectivity index is 1.76. The third kappa shape index (κ3) is 6.96. The predicted octanol–water partition coefficient (Wildman–Crippen LogP) is 9.88. The summed E-state index contributed by atoms with van der Waals surface area (Å²) in [6.45, 7) is 4.24. The number of allylic oxidation sites excluding steroid dienone is 1. The first-order chi connectivity index (χ1) is 20.2. The molecular formula is C29H26F10INO3. The number of alkyl halides is 11. The molecule has 0 radical (unpaired) electrons. The van der Waals surface area contributed by atoms with E-state index < -0.39 is 83.6 Å². The van der Waals surface area contributed by atoms with Crippen molar-refractivity contribution in [3.63, 3.8) is 0 Å². The minimum absolute atomic E-state index is 0.0249. The van der Waals surface area contributed by atoms with Crippen LogP contribution >= 0.6 is 19.8 Å². The van der Waals surface area contributed by atoms with Crippen LogP contribution < -0.4 is 4.74 Å². The van der Waals surface area contributed by atoms with Crippen molar-refractivity contribution in [1.82, 2.24) is 4.90 Å². The Labute approximate surface area is 253 Å². The fourth-order valence-corrected chi connectivity index (χ4v) is 8.45. The monoisotopic (exact) mass is 753 g/mol. The maximum atomic E-state index is 14.7. The van der Waals surface area contributed by atoms with E-state index in [0.717, 1.165) is 15.0 Å². The van der Waals surface area contributed by atoms with E-state index in [1.54, 1.807) is 13.8 Å². The van der Waals surface area contributed by atoms with Crippen molar-refractivity contribution >= 4 is 31.5 Å². The van der Waals surface area contributed by atoms with E-state index in [1.165, 1.54) is 26.2 Å². The summed E-state index contributed by atoms with van der Waals surface area (Å²) in [6.07, 6.45) is -11.7. The van der Waals surface area contributed by atoms with E-state index >= 15 is 0 Å². The minimum atomic E-state index is -5.14. The molecule has 1 saturated heterocycles. The van der Waals surface area contributed by atoms with Gasteiger partial charge in [0, 0.05) is 0 Å². The summed E-state index contributed by atoms with van der Waals surface area (Å²) in [7, 11) is 1.25. The molecule has 242 valence electrons. The molecule has 2 aliphatic rings. The molecule has 0 spiro atoms. The van der Waals surface area contributed by atoms with Gasteiger partial charge in [-0.3, -0.25) is 0 Å². The van der Waals surface area contributed by atoms with E-state index in [9.17, 15) is 48.7 Å². The van der Waals surface area contributed by atoms with Crippen LogP contribution in [-0.4, -0.2) is 39.3 Å². The van der Waals surface area contributed by atoms with Crippen LogP contribution in [0.4, 0.5) is 48.7 Å². The Morgan fingerprint density at radius 1 is 0.977 bits per heavy atom. The molecule has 4 nitrogen and oxygen atoms in total. The number of cyclic esters (lactones) is 1. The van der Waals surface area contributed by atoms with Gasteiger partial charge in [-0.05, 0) is 0 Å². The molecule has 1 fully saturated rings. The first-order valence-corrected chi connectivity index (χ1v) is 16.8. The molecule has 2 heterocycles. The first-order valence-electron chi connectivity index (χ1n) is 13.0. The fourth-order valence-electron chi connectivity index (χ4n) is 4.99. The molecule has 2 aromatic carbocycles. The van der Waals surface area contributed by atoms with Crippen LogP contribution in [0.2, 0.25) is 0 Å². The number of methoxy groups -OCH3 is 1. The number of nitrogens with zero attached hydrogens (tertiary/aromatic N) is 1. The van der Waals surface area contributed by atoms with Gasteiger partial charge in [0.2, 0.25) is 0 Å². The average molecular weight is 753 g/mol. The van der Waals surface area contributed by atoms with Gasteiger partial charge in [-0.2, -0.15) is 0 Å². The third-order valence-corrected chi connectivity index (χ3v) is 11.7. The summed E-state index contributed by atoms with van der Waals surface area (Å²) < 4.78 is 144. The van der Waals surface area contributed by atoms with Gasteiger partial charge in [-0.15, -0.1) is 0 Å². The van der Waals surface area contributed by atoms with Gasteiger partial charge in [0.15, 0.2) is 0 Å². The number of carbonyl (C=O) groups is 1. The van der Waals surface area contributed by atoms with Crippen molar-refractivity contribution in [1.29, 1.82) is 0 Å². The zero-order valence-electron chi connectivity index (χ0n) is 23.5. The van der Waals surface area contributed by atoms with Gasteiger partial charge in [0.1, 0.15) is 0 Å². The van der Waals surface area contributed by atoms with Crippen molar-refractivity contribution in [3.8, 4) is 5.75 Å². The van der Waals surface area contributed by atoms with Crippen molar-refractivity contribution in [2.24, 2.45) is 0 Å². The molecule has 2 aromatic rings. The van der Waals surface area contributed by atoms with Crippen LogP contribution in [0.15, 0.2) is 46.1 Å². The summed E-state index contributed by atoms with van der Waals surface area (Å²) in [5, 5.41) is 0. The second-order valence-electron chi connectivity index (χ2n) is 10.5. The Kier molecular flexibility index (Phi) is 9.31. The van der Waals surface area contributed by atoms with Gasteiger partial charge in [-0.1, -0.05) is 0 Å². The number of amides is 1. The van der Waals surface area contributed by atoms with Gasteiger partial charge in [0.05, 0.1) is 0 Å².